The van der Waals surface area contributed by atoms with E-state index in [0.29, 0.717) is 6.04 Å². The van der Waals surface area contributed by atoms with Gasteiger partial charge in [0.05, 0.1) is 0 Å². The second kappa shape index (κ2) is 6.31. The van der Waals surface area contributed by atoms with Crippen LogP contribution in [-0.2, 0) is 0 Å². The Labute approximate surface area is 157 Å². The van der Waals surface area contributed by atoms with E-state index < -0.39 is 17.0 Å². The first kappa shape index (κ1) is 22.6. The van der Waals surface area contributed by atoms with E-state index in [2.05, 4.69) is 92.8 Å². The van der Waals surface area contributed by atoms with Gasteiger partial charge in [-0.25, -0.2) is 0 Å². The molecule has 0 aliphatic carbocycles. The van der Waals surface area contributed by atoms with Crippen molar-refractivity contribution in [3.63, 3.8) is 0 Å². The summed E-state index contributed by atoms with van der Waals surface area (Å²) in [6.45, 7) is 30.0. The predicted molar refractivity (Wildman–Crippen MR) is 114 cm³/mol. The van der Waals surface area contributed by atoms with Gasteiger partial charge in [-0.15, -0.1) is 0 Å². The minimum absolute atomic E-state index is 0.139. The number of allylic oxidation sites excluding steroid dienone is 1. The van der Waals surface area contributed by atoms with Crippen molar-refractivity contribution in [3.05, 3.63) is 12.3 Å². The number of hydrogen-bond donors (Lipinski definition) is 0. The maximum absolute atomic E-state index is 17.0. The van der Waals surface area contributed by atoms with Crippen molar-refractivity contribution in [2.75, 3.05) is 0 Å². The lowest BCUT2D eigenvalue weighted by atomic mass is 9.91. The molecule has 1 aliphatic heterocycles. The Morgan fingerprint density at radius 3 is 1.80 bits per heavy atom. The van der Waals surface area contributed by atoms with Gasteiger partial charge in [0, 0.05) is 33.8 Å². The third-order valence-corrected chi connectivity index (χ3v) is 12.8. The van der Waals surface area contributed by atoms with E-state index in [1.807, 2.05) is 0 Å². The third kappa shape index (κ3) is 4.63. The lowest BCUT2D eigenvalue weighted by molar-refractivity contribution is 0.264. The quantitative estimate of drug-likeness (QED) is 0.431. The molecule has 1 atom stereocenters. The number of halogens is 1. The molecule has 0 bridgehead atoms. The fourth-order valence-corrected chi connectivity index (χ4v) is 13.9. The molecule has 1 rings (SSSR count). The normalized spacial score (nSPS) is 23.3. The second-order valence-electron chi connectivity index (χ2n) is 11.4. The molecule has 1 aliphatic rings. The molecule has 0 fully saturated rings. The van der Waals surface area contributed by atoms with Crippen LogP contribution in [0.2, 0.25) is 25.7 Å². The molecule has 0 spiro atoms. The summed E-state index contributed by atoms with van der Waals surface area (Å²) < 4.78 is 21.0. The molecule has 6 heteroatoms. The summed E-state index contributed by atoms with van der Waals surface area (Å²) in [4.78, 5) is 0. The van der Waals surface area contributed by atoms with Crippen LogP contribution in [0.3, 0.4) is 0 Å². The van der Waals surface area contributed by atoms with Gasteiger partial charge >= 0.3 is 8.73 Å². The van der Waals surface area contributed by atoms with Crippen molar-refractivity contribution >= 4 is 22.7 Å². The van der Waals surface area contributed by atoms with Gasteiger partial charge in [0.1, 0.15) is 8.24 Å². The van der Waals surface area contributed by atoms with Crippen LogP contribution in [0.1, 0.15) is 62.3 Å². The Morgan fingerprint density at radius 1 is 1.08 bits per heavy atom. The van der Waals surface area contributed by atoms with Gasteiger partial charge < -0.3 is 0 Å². The van der Waals surface area contributed by atoms with Crippen LogP contribution in [0.15, 0.2) is 17.4 Å². The molecule has 0 aromatic rings. The molecule has 146 valence electrons. The Hall–Kier alpha value is -0.466. The Balaban J connectivity index is 3.60. The second-order valence-corrected chi connectivity index (χ2v) is 19.3. The van der Waals surface area contributed by atoms with E-state index in [-0.39, 0.29) is 16.4 Å². The molecule has 0 aromatic carbocycles. The maximum atomic E-state index is 17.0. The molecule has 0 aromatic heterocycles. The van der Waals surface area contributed by atoms with Crippen LogP contribution < -0.4 is 0 Å². The van der Waals surface area contributed by atoms with Crippen molar-refractivity contribution in [2.24, 2.45) is 15.9 Å². The predicted octanol–water partition coefficient (Wildman–Crippen LogP) is 6.11. The van der Waals surface area contributed by atoms with Crippen LogP contribution in [0.25, 0.3) is 0 Å². The van der Waals surface area contributed by atoms with Crippen LogP contribution >= 0.6 is 0 Å². The average Bonchev–Trinajstić information content (AvgIpc) is 2.60. The zero-order valence-corrected chi connectivity index (χ0v) is 20.6. The van der Waals surface area contributed by atoms with E-state index >= 15 is 4.11 Å². The molecule has 0 amide bonds. The monoisotopic (exact) mass is 385 g/mol. The zero-order chi connectivity index (χ0) is 20.2. The number of hydrazone groups is 1. The average molecular weight is 386 g/mol. The summed E-state index contributed by atoms with van der Waals surface area (Å²) in [6, 6.07) is 0.438. The molecule has 0 saturated heterocycles. The molecule has 3 nitrogen and oxygen atoms in total. The summed E-state index contributed by atoms with van der Waals surface area (Å²) >= 11 is 0. The largest absolute Gasteiger partial charge is 0.450 e. The maximum Gasteiger partial charge on any atom is 0.450 e. The minimum atomic E-state index is -3.54. The van der Waals surface area contributed by atoms with Crippen molar-refractivity contribution < 1.29 is 4.11 Å². The molecular weight excluding hydrogens is 345 g/mol. The Kier molecular flexibility index (Phi) is 5.69. The van der Waals surface area contributed by atoms with E-state index in [9.17, 15) is 0 Å². The first-order valence-corrected chi connectivity index (χ1v) is 14.7. The van der Waals surface area contributed by atoms with Crippen LogP contribution in [-0.4, -0.2) is 37.1 Å². The van der Waals surface area contributed by atoms with Gasteiger partial charge in [-0.2, -0.15) is 5.10 Å². The summed E-state index contributed by atoms with van der Waals surface area (Å²) in [5, 5.41) is 4.84. The molecule has 1 unspecified atom stereocenters. The van der Waals surface area contributed by atoms with Crippen LogP contribution in [0, 0.1) is 10.8 Å². The van der Waals surface area contributed by atoms with Gasteiger partial charge in [-0.3, -0.25) is 13.0 Å². The van der Waals surface area contributed by atoms with E-state index in [1.165, 1.54) is 0 Å². The smallest absolute Gasteiger partial charge is 0.298 e. The highest BCUT2D eigenvalue weighted by atomic mass is 28.4. The van der Waals surface area contributed by atoms with E-state index in [4.69, 9.17) is 5.10 Å². The standard InChI is InChI=1S/C19H40FN3Si2/c1-15(17(2,3)4)22-21-16(18(5,6)7)14-25(22,20)23(19(8,9)10)24(11,12)13/h1,14H2,2-13H3. The Morgan fingerprint density at radius 2 is 1.52 bits per heavy atom. The lowest BCUT2D eigenvalue weighted by Gasteiger charge is -2.52. The molecule has 1 heterocycles. The highest BCUT2D eigenvalue weighted by Gasteiger charge is 2.62. The molecule has 0 saturated carbocycles. The highest BCUT2D eigenvalue weighted by Crippen LogP contribution is 2.45. The number of hydrogen-bond acceptors (Lipinski definition) is 3. The first-order chi connectivity index (χ1) is 10.7. The molecule has 0 N–H and O–H groups in total. The van der Waals surface area contributed by atoms with Crippen molar-refractivity contribution in [3.8, 4) is 0 Å². The van der Waals surface area contributed by atoms with E-state index in [1.54, 1.807) is 4.67 Å². The summed E-state index contributed by atoms with van der Waals surface area (Å²) in [5.41, 5.74) is 1.14. The first-order valence-electron chi connectivity index (χ1n) is 9.29. The number of rotatable bonds is 3. The summed E-state index contributed by atoms with van der Waals surface area (Å²) in [7, 11) is -5.47. The van der Waals surface area contributed by atoms with Gasteiger partial charge in [0.2, 0.25) is 0 Å². The minimum Gasteiger partial charge on any atom is -0.298 e. The number of nitrogens with zero attached hydrogens (tertiary/aromatic N) is 3. The Bertz CT molecular complexity index is 545. The topological polar surface area (TPSA) is 18.8 Å². The fraction of sp³-hybridized carbons (Fsp3) is 0.842. The fourth-order valence-electron chi connectivity index (χ4n) is 3.73. The summed E-state index contributed by atoms with van der Waals surface area (Å²) in [5.74, 6) is 0. The summed E-state index contributed by atoms with van der Waals surface area (Å²) in [6.07, 6.45) is 0. The SMILES string of the molecule is C=C(N1N=C(C(C)(C)C)C[Si]1(F)N(C(C)(C)C)[Si](C)(C)C)C(C)(C)C. The highest BCUT2D eigenvalue weighted by molar-refractivity contribution is 6.89. The zero-order valence-electron chi connectivity index (χ0n) is 18.6. The lowest BCUT2D eigenvalue weighted by Crippen LogP contribution is -2.72. The van der Waals surface area contributed by atoms with Gasteiger partial charge in [0.15, 0.2) is 0 Å². The van der Waals surface area contributed by atoms with Gasteiger partial charge in [0.25, 0.3) is 0 Å². The molecule has 0 radical (unpaired) electrons. The van der Waals surface area contributed by atoms with Crippen molar-refractivity contribution in [2.45, 2.75) is 93.5 Å². The molecular formula is C19H40FN3Si2. The third-order valence-electron chi connectivity index (χ3n) is 4.61. The van der Waals surface area contributed by atoms with Crippen LogP contribution in [0.5, 0.6) is 0 Å². The van der Waals surface area contributed by atoms with E-state index in [0.717, 1.165) is 11.4 Å². The van der Waals surface area contributed by atoms with Crippen molar-refractivity contribution in [1.82, 2.24) is 8.91 Å². The van der Waals surface area contributed by atoms with Crippen LogP contribution in [0.4, 0.5) is 4.11 Å². The van der Waals surface area contributed by atoms with Gasteiger partial charge in [-0.05, 0) is 20.8 Å². The van der Waals surface area contributed by atoms with Crippen molar-refractivity contribution in [1.29, 1.82) is 0 Å². The molecule has 25 heavy (non-hydrogen) atoms. The van der Waals surface area contributed by atoms with Gasteiger partial charge in [-0.1, -0.05) is 67.8 Å².